The van der Waals surface area contributed by atoms with Gasteiger partial charge in [-0.25, -0.2) is 4.98 Å². The predicted octanol–water partition coefficient (Wildman–Crippen LogP) is 3.63. The van der Waals surface area contributed by atoms with E-state index in [2.05, 4.69) is 32.7 Å². The van der Waals surface area contributed by atoms with Crippen LogP contribution < -0.4 is 4.74 Å². The highest BCUT2D eigenvalue weighted by molar-refractivity contribution is 5.17. The van der Waals surface area contributed by atoms with Crippen molar-refractivity contribution in [1.82, 2.24) is 4.98 Å². The first kappa shape index (κ1) is 12.0. The second kappa shape index (κ2) is 5.74. The zero-order valence-corrected chi connectivity index (χ0v) is 10.2. The summed E-state index contributed by atoms with van der Waals surface area (Å²) in [6.45, 7) is 9.39. The first-order valence-electron chi connectivity index (χ1n) is 5.73. The van der Waals surface area contributed by atoms with Crippen LogP contribution in [0.2, 0.25) is 0 Å². The van der Waals surface area contributed by atoms with E-state index in [1.165, 1.54) is 0 Å². The van der Waals surface area contributed by atoms with Gasteiger partial charge in [-0.2, -0.15) is 0 Å². The van der Waals surface area contributed by atoms with Crippen molar-refractivity contribution in [2.24, 2.45) is 5.92 Å². The highest BCUT2D eigenvalue weighted by atomic mass is 16.5. The molecule has 15 heavy (non-hydrogen) atoms. The van der Waals surface area contributed by atoms with E-state index in [-0.39, 0.29) is 0 Å². The Morgan fingerprint density at radius 3 is 2.60 bits per heavy atom. The fourth-order valence-corrected chi connectivity index (χ4v) is 1.18. The molecule has 0 saturated heterocycles. The molecule has 0 N–H and O–H groups in total. The van der Waals surface area contributed by atoms with Crippen molar-refractivity contribution in [2.45, 2.75) is 40.0 Å². The molecule has 0 spiro atoms. The summed E-state index contributed by atoms with van der Waals surface area (Å²) in [7, 11) is 0. The van der Waals surface area contributed by atoms with Crippen molar-refractivity contribution in [1.29, 1.82) is 0 Å². The average Bonchev–Trinajstić information content (AvgIpc) is 2.26. The van der Waals surface area contributed by atoms with Crippen LogP contribution in [0.3, 0.4) is 0 Å². The molecule has 0 saturated carbocycles. The second-order valence-corrected chi connectivity index (χ2v) is 4.38. The molecular formula is C13H21NO. The van der Waals surface area contributed by atoms with E-state index >= 15 is 0 Å². The van der Waals surface area contributed by atoms with Gasteiger partial charge < -0.3 is 4.74 Å². The van der Waals surface area contributed by atoms with Crippen molar-refractivity contribution in [3.8, 4) is 5.88 Å². The van der Waals surface area contributed by atoms with Gasteiger partial charge >= 0.3 is 0 Å². The van der Waals surface area contributed by atoms with Gasteiger partial charge in [0.05, 0.1) is 6.61 Å². The lowest BCUT2D eigenvalue weighted by atomic mass is 10.1. The number of ether oxygens (including phenoxy) is 1. The third-order valence-corrected chi connectivity index (χ3v) is 2.55. The first-order valence-corrected chi connectivity index (χ1v) is 5.73. The third-order valence-electron chi connectivity index (χ3n) is 2.55. The molecule has 2 nitrogen and oxygen atoms in total. The van der Waals surface area contributed by atoms with Gasteiger partial charge in [0.2, 0.25) is 5.88 Å². The quantitative estimate of drug-likeness (QED) is 0.735. The summed E-state index contributed by atoms with van der Waals surface area (Å²) in [6, 6.07) is 5.98. The SMILES string of the molecule is CCC(C)COc1cccc(C(C)C)n1. The van der Waals surface area contributed by atoms with Crippen molar-refractivity contribution < 1.29 is 4.74 Å². The standard InChI is InChI=1S/C13H21NO/c1-5-11(4)9-15-13-8-6-7-12(14-13)10(2)3/h6-8,10-11H,5,9H2,1-4H3. The minimum absolute atomic E-state index is 0.456. The molecule has 1 aromatic heterocycles. The summed E-state index contributed by atoms with van der Waals surface area (Å²) in [5.74, 6) is 1.80. The van der Waals surface area contributed by atoms with Gasteiger partial charge in [0.25, 0.3) is 0 Å². The molecular weight excluding hydrogens is 186 g/mol. The fraction of sp³-hybridized carbons (Fsp3) is 0.615. The maximum absolute atomic E-state index is 5.64. The van der Waals surface area contributed by atoms with Crippen LogP contribution >= 0.6 is 0 Å². The van der Waals surface area contributed by atoms with Gasteiger partial charge in [-0.1, -0.05) is 40.2 Å². The molecule has 1 heterocycles. The number of rotatable bonds is 5. The van der Waals surface area contributed by atoms with Crippen LogP contribution in [0.25, 0.3) is 0 Å². The molecule has 1 rings (SSSR count). The number of hydrogen-bond donors (Lipinski definition) is 0. The van der Waals surface area contributed by atoms with Crippen LogP contribution in [0.1, 0.15) is 45.7 Å². The number of aromatic nitrogens is 1. The van der Waals surface area contributed by atoms with Gasteiger partial charge in [0.15, 0.2) is 0 Å². The maximum Gasteiger partial charge on any atom is 0.213 e. The molecule has 0 aliphatic rings. The fourth-order valence-electron chi connectivity index (χ4n) is 1.18. The maximum atomic E-state index is 5.64. The van der Waals surface area contributed by atoms with Crippen LogP contribution in [0.15, 0.2) is 18.2 Å². The molecule has 0 fully saturated rings. The Kier molecular flexibility index (Phi) is 4.60. The smallest absolute Gasteiger partial charge is 0.213 e. The van der Waals surface area contributed by atoms with E-state index in [1.54, 1.807) is 0 Å². The normalized spacial score (nSPS) is 12.9. The van der Waals surface area contributed by atoms with Crippen LogP contribution in [0.5, 0.6) is 5.88 Å². The Morgan fingerprint density at radius 2 is 2.00 bits per heavy atom. The van der Waals surface area contributed by atoms with Gasteiger partial charge in [-0.15, -0.1) is 0 Å². The zero-order valence-electron chi connectivity index (χ0n) is 10.2. The Hall–Kier alpha value is -1.05. The van der Waals surface area contributed by atoms with Crippen LogP contribution in [-0.2, 0) is 0 Å². The van der Waals surface area contributed by atoms with E-state index < -0.39 is 0 Å². The van der Waals surface area contributed by atoms with Crippen molar-refractivity contribution in [2.75, 3.05) is 6.61 Å². The van der Waals surface area contributed by atoms with Crippen LogP contribution in [-0.4, -0.2) is 11.6 Å². The highest BCUT2D eigenvalue weighted by Gasteiger charge is 2.04. The van der Waals surface area contributed by atoms with E-state index in [0.717, 1.165) is 24.6 Å². The highest BCUT2D eigenvalue weighted by Crippen LogP contribution is 2.16. The van der Waals surface area contributed by atoms with Gasteiger partial charge in [0.1, 0.15) is 0 Å². The third kappa shape index (κ3) is 3.90. The van der Waals surface area contributed by atoms with Gasteiger partial charge in [-0.05, 0) is 17.9 Å². The topological polar surface area (TPSA) is 22.1 Å². The molecule has 0 aromatic carbocycles. The van der Waals surface area contributed by atoms with Crippen LogP contribution in [0, 0.1) is 5.92 Å². The Balaban J connectivity index is 2.58. The number of nitrogens with zero attached hydrogens (tertiary/aromatic N) is 1. The van der Waals surface area contributed by atoms with E-state index in [1.807, 2.05) is 18.2 Å². The minimum Gasteiger partial charge on any atom is -0.477 e. The lowest BCUT2D eigenvalue weighted by molar-refractivity contribution is 0.247. The molecule has 0 aliphatic carbocycles. The first-order chi connectivity index (χ1) is 7.13. The lowest BCUT2D eigenvalue weighted by Gasteiger charge is -2.11. The molecule has 84 valence electrons. The summed E-state index contributed by atoms with van der Waals surface area (Å²) in [6.07, 6.45) is 1.14. The molecule has 0 bridgehead atoms. The van der Waals surface area contributed by atoms with E-state index in [9.17, 15) is 0 Å². The molecule has 0 aliphatic heterocycles. The van der Waals surface area contributed by atoms with Crippen molar-refractivity contribution in [3.05, 3.63) is 23.9 Å². The van der Waals surface area contributed by atoms with E-state index in [0.29, 0.717) is 11.8 Å². The lowest BCUT2D eigenvalue weighted by Crippen LogP contribution is -2.08. The predicted molar refractivity (Wildman–Crippen MR) is 63.3 cm³/mol. The molecule has 2 heteroatoms. The summed E-state index contributed by atoms with van der Waals surface area (Å²) in [5.41, 5.74) is 1.09. The summed E-state index contributed by atoms with van der Waals surface area (Å²) in [5, 5.41) is 0. The zero-order chi connectivity index (χ0) is 11.3. The molecule has 0 amide bonds. The summed E-state index contributed by atoms with van der Waals surface area (Å²) >= 11 is 0. The molecule has 1 atom stereocenters. The number of pyridine rings is 1. The monoisotopic (exact) mass is 207 g/mol. The summed E-state index contributed by atoms with van der Waals surface area (Å²) < 4.78 is 5.64. The molecule has 1 unspecified atom stereocenters. The summed E-state index contributed by atoms with van der Waals surface area (Å²) in [4.78, 5) is 4.46. The Labute approximate surface area is 92.7 Å². The Bertz CT molecular complexity index is 296. The largest absolute Gasteiger partial charge is 0.477 e. The van der Waals surface area contributed by atoms with Gasteiger partial charge in [-0.3, -0.25) is 0 Å². The van der Waals surface area contributed by atoms with Crippen molar-refractivity contribution >= 4 is 0 Å². The van der Waals surface area contributed by atoms with E-state index in [4.69, 9.17) is 4.74 Å². The number of hydrogen-bond acceptors (Lipinski definition) is 2. The van der Waals surface area contributed by atoms with Crippen LogP contribution in [0.4, 0.5) is 0 Å². The molecule has 1 aromatic rings. The minimum atomic E-state index is 0.456. The average molecular weight is 207 g/mol. The second-order valence-electron chi connectivity index (χ2n) is 4.38. The van der Waals surface area contributed by atoms with Gasteiger partial charge in [0, 0.05) is 11.8 Å². The Morgan fingerprint density at radius 1 is 1.27 bits per heavy atom. The molecule has 0 radical (unpaired) electrons. The van der Waals surface area contributed by atoms with Crippen molar-refractivity contribution in [3.63, 3.8) is 0 Å².